The minimum absolute atomic E-state index is 0.0824. The van der Waals surface area contributed by atoms with Crippen LogP contribution in [0.4, 0.5) is 0 Å². The Morgan fingerprint density at radius 3 is 2.60 bits per heavy atom. The normalized spacial score (nSPS) is 12.2. The number of sulfonamides is 1. The highest BCUT2D eigenvalue weighted by molar-refractivity contribution is 7.89. The molecule has 0 amide bonds. The molecular weight excluding hydrogens is 278 g/mol. The molecule has 7 nitrogen and oxygen atoms in total. The van der Waals surface area contributed by atoms with Crippen molar-refractivity contribution in [3.05, 3.63) is 30.2 Å². The Balaban J connectivity index is 2.26. The molecule has 0 unspecified atom stereocenters. The lowest BCUT2D eigenvalue weighted by Crippen LogP contribution is -2.12. The summed E-state index contributed by atoms with van der Waals surface area (Å²) in [6.45, 7) is 4.54. The zero-order valence-electron chi connectivity index (χ0n) is 11.8. The first-order chi connectivity index (χ1) is 9.29. The van der Waals surface area contributed by atoms with Crippen molar-refractivity contribution in [3.63, 3.8) is 0 Å². The number of hydrogen-bond acceptors (Lipinski definition) is 4. The highest BCUT2D eigenvalue weighted by Crippen LogP contribution is 2.17. The second-order valence-electron chi connectivity index (χ2n) is 5.03. The van der Waals surface area contributed by atoms with Gasteiger partial charge in [-0.3, -0.25) is 0 Å². The van der Waals surface area contributed by atoms with Crippen LogP contribution in [0.5, 0.6) is 0 Å². The third-order valence-corrected chi connectivity index (χ3v) is 3.87. The zero-order chi connectivity index (χ0) is 14.9. The molecule has 0 aliphatic rings. The van der Waals surface area contributed by atoms with Crippen LogP contribution in [0.3, 0.4) is 0 Å². The smallest absolute Gasteiger partial charge is 0.257 e. The van der Waals surface area contributed by atoms with E-state index in [0.717, 1.165) is 5.82 Å². The number of imidazole rings is 2. The van der Waals surface area contributed by atoms with Gasteiger partial charge in [-0.05, 0) is 0 Å². The van der Waals surface area contributed by atoms with Gasteiger partial charge >= 0.3 is 0 Å². The van der Waals surface area contributed by atoms with Crippen molar-refractivity contribution in [2.45, 2.75) is 37.8 Å². The Labute approximate surface area is 118 Å². The number of aryl methyl sites for hydroxylation is 3. The summed E-state index contributed by atoms with van der Waals surface area (Å²) in [7, 11) is -1.85. The summed E-state index contributed by atoms with van der Waals surface area (Å²) in [5.74, 6) is 1.76. The van der Waals surface area contributed by atoms with Gasteiger partial charge in [0, 0.05) is 44.5 Å². The number of rotatable bonds is 5. The number of nitrogens with two attached hydrogens (primary N) is 1. The summed E-state index contributed by atoms with van der Waals surface area (Å²) < 4.78 is 26.6. The Bertz CT molecular complexity index is 699. The molecule has 2 rings (SSSR count). The molecule has 0 bridgehead atoms. The zero-order valence-corrected chi connectivity index (χ0v) is 12.6. The third-order valence-electron chi connectivity index (χ3n) is 3.09. The highest BCUT2D eigenvalue weighted by atomic mass is 32.2. The molecule has 0 fully saturated rings. The topological polar surface area (TPSA) is 95.8 Å². The second kappa shape index (κ2) is 5.37. The van der Waals surface area contributed by atoms with E-state index in [-0.39, 0.29) is 10.9 Å². The fraction of sp³-hybridized carbons (Fsp3) is 0.500. The molecule has 2 aromatic heterocycles. The largest absolute Gasteiger partial charge is 0.338 e. The van der Waals surface area contributed by atoms with E-state index in [4.69, 9.17) is 5.14 Å². The lowest BCUT2D eigenvalue weighted by Gasteiger charge is -2.09. The summed E-state index contributed by atoms with van der Waals surface area (Å²) in [6, 6.07) is 0. The Morgan fingerprint density at radius 1 is 1.40 bits per heavy atom. The lowest BCUT2D eigenvalue weighted by atomic mass is 10.2. The summed E-state index contributed by atoms with van der Waals surface area (Å²) in [5, 5.41) is 5.05. The van der Waals surface area contributed by atoms with E-state index in [2.05, 4.69) is 9.97 Å². The number of primary sulfonamides is 1. The van der Waals surface area contributed by atoms with Gasteiger partial charge in [0.25, 0.3) is 10.0 Å². The Morgan fingerprint density at radius 2 is 2.10 bits per heavy atom. The second-order valence-corrected chi connectivity index (χ2v) is 6.54. The van der Waals surface area contributed by atoms with Crippen molar-refractivity contribution in [3.8, 4) is 0 Å². The molecule has 0 spiro atoms. The van der Waals surface area contributed by atoms with Gasteiger partial charge in [-0.2, -0.15) is 0 Å². The molecule has 2 aromatic rings. The number of hydrogen-bond donors (Lipinski definition) is 1. The first-order valence-corrected chi connectivity index (χ1v) is 7.89. The number of aromatic nitrogens is 4. The molecule has 0 radical (unpaired) electrons. The molecule has 0 saturated carbocycles. The first-order valence-electron chi connectivity index (χ1n) is 6.35. The lowest BCUT2D eigenvalue weighted by molar-refractivity contribution is 0.594. The predicted octanol–water partition coefficient (Wildman–Crippen LogP) is 0.630. The minimum atomic E-state index is -3.77. The van der Waals surface area contributed by atoms with Gasteiger partial charge in [-0.15, -0.1) is 0 Å². The third kappa shape index (κ3) is 3.07. The SMILES string of the molecule is CC(C)c1nc(S(N)(=O)=O)cn1CCc1nccn1C. The average molecular weight is 297 g/mol. The van der Waals surface area contributed by atoms with E-state index in [0.29, 0.717) is 18.8 Å². The Hall–Kier alpha value is -1.67. The van der Waals surface area contributed by atoms with Crippen LogP contribution in [-0.4, -0.2) is 27.5 Å². The maximum absolute atomic E-state index is 11.4. The van der Waals surface area contributed by atoms with Gasteiger partial charge in [0.2, 0.25) is 0 Å². The van der Waals surface area contributed by atoms with Gasteiger partial charge in [0.1, 0.15) is 11.6 Å². The molecular formula is C12H19N5O2S. The van der Waals surface area contributed by atoms with Crippen LogP contribution in [0.2, 0.25) is 0 Å². The van der Waals surface area contributed by atoms with Crippen LogP contribution in [0.15, 0.2) is 23.6 Å². The molecule has 110 valence electrons. The standard InChI is InChI=1S/C12H19N5O2S/c1-9(2)12-15-11(20(13,18)19)8-17(12)6-4-10-14-5-7-16(10)3/h5,7-9H,4,6H2,1-3H3,(H2,13,18,19). The molecule has 8 heteroatoms. The van der Waals surface area contributed by atoms with Gasteiger partial charge in [0.05, 0.1) is 0 Å². The quantitative estimate of drug-likeness (QED) is 0.875. The van der Waals surface area contributed by atoms with Gasteiger partial charge in [-0.1, -0.05) is 13.8 Å². The van der Waals surface area contributed by atoms with Crippen molar-refractivity contribution < 1.29 is 8.42 Å². The molecule has 0 aliphatic heterocycles. The number of nitrogens with zero attached hydrogens (tertiary/aromatic N) is 4. The van der Waals surface area contributed by atoms with E-state index < -0.39 is 10.0 Å². The fourth-order valence-electron chi connectivity index (χ4n) is 2.04. The van der Waals surface area contributed by atoms with E-state index in [1.54, 1.807) is 6.20 Å². The van der Waals surface area contributed by atoms with Crippen LogP contribution in [0.25, 0.3) is 0 Å². The van der Waals surface area contributed by atoms with Gasteiger partial charge < -0.3 is 9.13 Å². The van der Waals surface area contributed by atoms with Crippen LogP contribution in [0, 0.1) is 0 Å². The molecule has 0 atom stereocenters. The molecule has 0 aromatic carbocycles. The van der Waals surface area contributed by atoms with Crippen molar-refractivity contribution in [1.82, 2.24) is 19.1 Å². The van der Waals surface area contributed by atoms with Crippen molar-refractivity contribution in [2.24, 2.45) is 12.2 Å². The van der Waals surface area contributed by atoms with E-state index in [9.17, 15) is 8.42 Å². The van der Waals surface area contributed by atoms with Gasteiger partial charge in [-0.25, -0.2) is 23.5 Å². The van der Waals surface area contributed by atoms with Crippen molar-refractivity contribution in [2.75, 3.05) is 0 Å². The fourth-order valence-corrected chi connectivity index (χ4v) is 2.54. The molecule has 2 N–H and O–H groups in total. The van der Waals surface area contributed by atoms with Crippen LogP contribution in [0.1, 0.15) is 31.4 Å². The van der Waals surface area contributed by atoms with E-state index in [1.807, 2.05) is 36.2 Å². The maximum Gasteiger partial charge on any atom is 0.257 e. The molecule has 2 heterocycles. The maximum atomic E-state index is 11.4. The summed E-state index contributed by atoms with van der Waals surface area (Å²) in [5.41, 5.74) is 0. The van der Waals surface area contributed by atoms with Crippen molar-refractivity contribution >= 4 is 10.0 Å². The summed E-state index contributed by atoms with van der Waals surface area (Å²) in [6.07, 6.45) is 5.81. The molecule has 0 aliphatic carbocycles. The van der Waals surface area contributed by atoms with Crippen LogP contribution >= 0.6 is 0 Å². The molecule has 20 heavy (non-hydrogen) atoms. The molecule has 0 saturated heterocycles. The van der Waals surface area contributed by atoms with Crippen LogP contribution in [-0.2, 0) is 30.0 Å². The van der Waals surface area contributed by atoms with E-state index >= 15 is 0 Å². The van der Waals surface area contributed by atoms with Crippen molar-refractivity contribution in [1.29, 1.82) is 0 Å². The van der Waals surface area contributed by atoms with Crippen LogP contribution < -0.4 is 5.14 Å². The monoisotopic (exact) mass is 297 g/mol. The predicted molar refractivity (Wildman–Crippen MR) is 74.6 cm³/mol. The highest BCUT2D eigenvalue weighted by Gasteiger charge is 2.18. The Kier molecular flexibility index (Phi) is 3.96. The van der Waals surface area contributed by atoms with E-state index in [1.165, 1.54) is 6.20 Å². The average Bonchev–Trinajstić information content (AvgIpc) is 2.91. The summed E-state index contributed by atoms with van der Waals surface area (Å²) in [4.78, 5) is 8.37. The summed E-state index contributed by atoms with van der Waals surface area (Å²) >= 11 is 0. The van der Waals surface area contributed by atoms with Gasteiger partial charge in [0.15, 0.2) is 5.03 Å². The first kappa shape index (κ1) is 14.7. The minimum Gasteiger partial charge on any atom is -0.338 e.